The van der Waals surface area contributed by atoms with E-state index in [1.807, 2.05) is 18.2 Å². The Morgan fingerprint density at radius 1 is 1.32 bits per heavy atom. The van der Waals surface area contributed by atoms with Gasteiger partial charge in [0.1, 0.15) is 6.04 Å². The van der Waals surface area contributed by atoms with E-state index in [-0.39, 0.29) is 11.5 Å². The van der Waals surface area contributed by atoms with Crippen LogP contribution >= 0.6 is 0 Å². The van der Waals surface area contributed by atoms with Crippen molar-refractivity contribution in [2.75, 3.05) is 6.54 Å². The van der Waals surface area contributed by atoms with Gasteiger partial charge < -0.3 is 5.11 Å². The van der Waals surface area contributed by atoms with Crippen LogP contribution in [0.4, 0.5) is 0 Å². The van der Waals surface area contributed by atoms with Crippen LogP contribution in [0.2, 0.25) is 0 Å². The Hall–Kier alpha value is -1.35. The summed E-state index contributed by atoms with van der Waals surface area (Å²) in [5.74, 6) is -0.705. The van der Waals surface area contributed by atoms with Gasteiger partial charge in [-0.1, -0.05) is 45.0 Å². The van der Waals surface area contributed by atoms with Gasteiger partial charge in [-0.2, -0.15) is 0 Å². The number of fused-ring (bicyclic) bond motifs is 1. The maximum atomic E-state index is 11.5. The zero-order valence-corrected chi connectivity index (χ0v) is 12.0. The van der Waals surface area contributed by atoms with Crippen molar-refractivity contribution in [3.8, 4) is 0 Å². The van der Waals surface area contributed by atoms with E-state index in [9.17, 15) is 9.90 Å². The van der Waals surface area contributed by atoms with Crippen LogP contribution < -0.4 is 0 Å². The van der Waals surface area contributed by atoms with Crippen molar-refractivity contribution in [3.63, 3.8) is 0 Å². The minimum absolute atomic E-state index is 0.236. The normalized spacial score (nSPS) is 20.1. The van der Waals surface area contributed by atoms with Crippen LogP contribution in [0.5, 0.6) is 0 Å². The average molecular weight is 261 g/mol. The summed E-state index contributed by atoms with van der Waals surface area (Å²) in [5, 5.41) is 9.42. The number of carboxylic acid groups (broad SMARTS) is 1. The molecule has 0 spiro atoms. The van der Waals surface area contributed by atoms with Crippen LogP contribution in [-0.2, 0) is 17.8 Å². The summed E-state index contributed by atoms with van der Waals surface area (Å²) in [6, 6.07) is 7.80. The quantitative estimate of drug-likeness (QED) is 0.909. The summed E-state index contributed by atoms with van der Waals surface area (Å²) in [6.45, 7) is 8.18. The van der Waals surface area contributed by atoms with E-state index < -0.39 is 5.97 Å². The molecule has 1 aliphatic heterocycles. The van der Waals surface area contributed by atoms with Gasteiger partial charge >= 0.3 is 5.97 Å². The van der Waals surface area contributed by atoms with Crippen LogP contribution in [0.25, 0.3) is 0 Å². The monoisotopic (exact) mass is 261 g/mol. The number of hydrogen-bond donors (Lipinski definition) is 1. The molecule has 19 heavy (non-hydrogen) atoms. The lowest BCUT2D eigenvalue weighted by molar-refractivity contribution is -0.144. The molecule has 0 aromatic heterocycles. The van der Waals surface area contributed by atoms with Crippen LogP contribution in [0, 0.1) is 5.41 Å². The zero-order chi connectivity index (χ0) is 14.0. The molecule has 0 aliphatic carbocycles. The van der Waals surface area contributed by atoms with Gasteiger partial charge in [0.2, 0.25) is 0 Å². The highest BCUT2D eigenvalue weighted by Crippen LogP contribution is 2.26. The van der Waals surface area contributed by atoms with Crippen molar-refractivity contribution >= 4 is 5.97 Å². The fourth-order valence-corrected chi connectivity index (χ4v) is 2.53. The van der Waals surface area contributed by atoms with Crippen molar-refractivity contribution in [1.82, 2.24) is 4.90 Å². The van der Waals surface area contributed by atoms with Gasteiger partial charge in [0, 0.05) is 6.54 Å². The highest BCUT2D eigenvalue weighted by Gasteiger charge is 2.31. The van der Waals surface area contributed by atoms with Crippen molar-refractivity contribution in [3.05, 3.63) is 35.4 Å². The minimum Gasteiger partial charge on any atom is -0.480 e. The molecular weight excluding hydrogens is 238 g/mol. The van der Waals surface area contributed by atoms with Gasteiger partial charge in [0.25, 0.3) is 0 Å². The number of carbonyl (C=O) groups is 1. The van der Waals surface area contributed by atoms with Crippen LogP contribution in [0.15, 0.2) is 24.3 Å². The molecule has 1 atom stereocenters. The highest BCUT2D eigenvalue weighted by atomic mass is 16.4. The number of nitrogens with zero attached hydrogens (tertiary/aromatic N) is 1. The van der Waals surface area contributed by atoms with Gasteiger partial charge in [0.15, 0.2) is 0 Å². The van der Waals surface area contributed by atoms with Crippen molar-refractivity contribution in [2.24, 2.45) is 5.41 Å². The molecule has 0 saturated carbocycles. The molecule has 3 heteroatoms. The summed E-state index contributed by atoms with van der Waals surface area (Å²) in [7, 11) is 0. The van der Waals surface area contributed by atoms with E-state index >= 15 is 0 Å². The Bertz CT molecular complexity index is 462. The first-order chi connectivity index (χ1) is 8.87. The number of aliphatic carboxylic acids is 1. The van der Waals surface area contributed by atoms with Gasteiger partial charge in [-0.15, -0.1) is 0 Å². The van der Waals surface area contributed by atoms with Crippen molar-refractivity contribution in [1.29, 1.82) is 0 Å². The molecule has 1 aliphatic rings. The van der Waals surface area contributed by atoms with Gasteiger partial charge in [0.05, 0.1) is 0 Å². The smallest absolute Gasteiger partial charge is 0.321 e. The Labute approximate surface area is 115 Å². The Balaban J connectivity index is 2.15. The third-order valence-electron chi connectivity index (χ3n) is 3.78. The molecule has 0 saturated heterocycles. The van der Waals surface area contributed by atoms with Crippen molar-refractivity contribution in [2.45, 2.75) is 46.2 Å². The third kappa shape index (κ3) is 3.57. The molecule has 0 fully saturated rings. The summed E-state index contributed by atoms with van der Waals surface area (Å²) in [5.41, 5.74) is 2.69. The molecule has 3 nitrogen and oxygen atoms in total. The highest BCUT2D eigenvalue weighted by molar-refractivity contribution is 5.74. The fourth-order valence-electron chi connectivity index (χ4n) is 2.53. The molecule has 104 valence electrons. The van der Waals surface area contributed by atoms with E-state index in [2.05, 4.69) is 31.7 Å². The molecule has 1 aromatic rings. The van der Waals surface area contributed by atoms with Crippen LogP contribution in [-0.4, -0.2) is 28.6 Å². The number of benzene rings is 1. The van der Waals surface area contributed by atoms with Gasteiger partial charge in [-0.05, 0) is 35.9 Å². The first kappa shape index (κ1) is 14.1. The second-order valence-corrected chi connectivity index (χ2v) is 6.61. The molecular formula is C16H23NO2. The molecule has 1 N–H and O–H groups in total. The lowest BCUT2D eigenvalue weighted by atomic mass is 9.89. The molecule has 0 bridgehead atoms. The third-order valence-corrected chi connectivity index (χ3v) is 3.78. The standard InChI is InChI=1S/C16H23NO2/c1-16(2,3)8-9-17-11-13-7-5-4-6-12(13)10-14(17)15(18)19/h4-7,14H,8-11H2,1-3H3,(H,18,19)/t14-/m0/s1. The van der Waals surface area contributed by atoms with E-state index in [0.29, 0.717) is 6.42 Å². The Morgan fingerprint density at radius 2 is 1.95 bits per heavy atom. The molecule has 0 amide bonds. The lowest BCUT2D eigenvalue weighted by Crippen LogP contribution is -2.46. The SMILES string of the molecule is CC(C)(C)CCN1Cc2ccccc2C[C@H]1C(=O)O. The summed E-state index contributed by atoms with van der Waals surface area (Å²) >= 11 is 0. The van der Waals surface area contributed by atoms with E-state index in [1.165, 1.54) is 11.1 Å². The van der Waals surface area contributed by atoms with E-state index in [0.717, 1.165) is 19.5 Å². The Morgan fingerprint density at radius 3 is 2.53 bits per heavy atom. The molecule has 0 unspecified atom stereocenters. The number of rotatable bonds is 3. The average Bonchev–Trinajstić information content (AvgIpc) is 2.34. The number of hydrogen-bond acceptors (Lipinski definition) is 2. The lowest BCUT2D eigenvalue weighted by Gasteiger charge is -2.36. The second kappa shape index (κ2) is 5.33. The zero-order valence-electron chi connectivity index (χ0n) is 12.0. The largest absolute Gasteiger partial charge is 0.480 e. The summed E-state index contributed by atoms with van der Waals surface area (Å²) in [6.07, 6.45) is 1.63. The number of carboxylic acids is 1. The second-order valence-electron chi connectivity index (χ2n) is 6.61. The summed E-state index contributed by atoms with van der Waals surface area (Å²) < 4.78 is 0. The first-order valence-corrected chi connectivity index (χ1v) is 6.90. The fraction of sp³-hybridized carbons (Fsp3) is 0.562. The van der Waals surface area contributed by atoms with Crippen LogP contribution in [0.1, 0.15) is 38.3 Å². The van der Waals surface area contributed by atoms with E-state index in [1.54, 1.807) is 0 Å². The summed E-state index contributed by atoms with van der Waals surface area (Å²) in [4.78, 5) is 13.6. The predicted molar refractivity (Wildman–Crippen MR) is 76.1 cm³/mol. The maximum absolute atomic E-state index is 11.5. The van der Waals surface area contributed by atoms with E-state index in [4.69, 9.17) is 0 Å². The minimum atomic E-state index is -0.705. The molecule has 2 rings (SSSR count). The predicted octanol–water partition coefficient (Wildman–Crippen LogP) is 2.93. The molecule has 1 aromatic carbocycles. The topological polar surface area (TPSA) is 40.5 Å². The molecule has 0 radical (unpaired) electrons. The van der Waals surface area contributed by atoms with Crippen LogP contribution in [0.3, 0.4) is 0 Å². The molecule has 1 heterocycles. The Kier molecular flexibility index (Phi) is 3.95. The van der Waals surface area contributed by atoms with Gasteiger partial charge in [-0.3, -0.25) is 9.69 Å². The van der Waals surface area contributed by atoms with Crippen molar-refractivity contribution < 1.29 is 9.90 Å². The first-order valence-electron chi connectivity index (χ1n) is 6.90. The van der Waals surface area contributed by atoms with Gasteiger partial charge in [-0.25, -0.2) is 0 Å². The maximum Gasteiger partial charge on any atom is 0.321 e.